The number of hydrogen-bond donors (Lipinski definition) is 4. The van der Waals surface area contributed by atoms with E-state index in [9.17, 15) is 15.3 Å². The van der Waals surface area contributed by atoms with Gasteiger partial charge < -0.3 is 34.8 Å². The second kappa shape index (κ2) is 10.5. The summed E-state index contributed by atoms with van der Waals surface area (Å²) in [4.78, 5) is 0. The van der Waals surface area contributed by atoms with Gasteiger partial charge in [0.15, 0.2) is 6.29 Å². The van der Waals surface area contributed by atoms with E-state index in [0.29, 0.717) is 5.92 Å². The molecule has 1 aliphatic carbocycles. The fourth-order valence-corrected chi connectivity index (χ4v) is 5.45. The van der Waals surface area contributed by atoms with Crippen molar-refractivity contribution in [3.63, 3.8) is 0 Å². The molecule has 3 rings (SSSR count). The van der Waals surface area contributed by atoms with E-state index in [1.54, 1.807) is 6.92 Å². The predicted octanol–water partition coefficient (Wildman–Crippen LogP) is 2.33. The molecule has 0 amide bonds. The summed E-state index contributed by atoms with van der Waals surface area (Å²) in [5.74, 6) is 1.49. The Hall–Kier alpha value is -0.700. The normalized spacial score (nSPS) is 46.3. The fraction of sp³-hybridized carbons (Fsp3) is 0.917. The predicted molar refractivity (Wildman–Crippen MR) is 118 cm³/mol. The number of hydrogen-bond acceptors (Lipinski definition) is 7. The summed E-state index contributed by atoms with van der Waals surface area (Å²) in [5.41, 5.74) is -1.07. The van der Waals surface area contributed by atoms with Gasteiger partial charge in [-0.1, -0.05) is 27.7 Å². The second-order valence-electron chi connectivity index (χ2n) is 10.2. The molecule has 0 spiro atoms. The average molecular weight is 442 g/mol. The molecular weight excluding hydrogens is 398 g/mol. The van der Waals surface area contributed by atoms with Crippen LogP contribution in [0.4, 0.5) is 0 Å². The van der Waals surface area contributed by atoms with Crippen molar-refractivity contribution >= 4 is 0 Å². The Kier molecular flexibility index (Phi) is 8.44. The molecule has 3 aliphatic rings. The van der Waals surface area contributed by atoms with E-state index in [1.807, 2.05) is 0 Å². The molecule has 31 heavy (non-hydrogen) atoms. The molecule has 2 fully saturated rings. The highest BCUT2D eigenvalue weighted by atomic mass is 16.7. The second-order valence-corrected chi connectivity index (χ2v) is 10.2. The molecule has 2 heterocycles. The van der Waals surface area contributed by atoms with Crippen LogP contribution in [0.3, 0.4) is 0 Å². The first-order chi connectivity index (χ1) is 14.7. The molecule has 0 bridgehead atoms. The highest BCUT2D eigenvalue weighted by Gasteiger charge is 2.50. The van der Waals surface area contributed by atoms with Gasteiger partial charge in [-0.05, 0) is 50.6 Å². The monoisotopic (exact) mass is 441 g/mol. The van der Waals surface area contributed by atoms with Gasteiger partial charge in [0.05, 0.1) is 24.1 Å². The van der Waals surface area contributed by atoms with Gasteiger partial charge in [-0.15, -0.1) is 0 Å². The smallest absolute Gasteiger partial charge is 0.184 e. The van der Waals surface area contributed by atoms with E-state index < -0.39 is 30.2 Å². The van der Waals surface area contributed by atoms with Crippen LogP contribution < -0.4 is 5.32 Å². The Morgan fingerprint density at radius 3 is 2.61 bits per heavy atom. The quantitative estimate of drug-likeness (QED) is 0.481. The molecule has 10 unspecified atom stereocenters. The number of ether oxygens (including phenoxy) is 3. The molecule has 7 nitrogen and oxygen atoms in total. The first-order valence-electron chi connectivity index (χ1n) is 12.1. The van der Waals surface area contributed by atoms with Crippen molar-refractivity contribution in [2.75, 3.05) is 13.2 Å². The van der Waals surface area contributed by atoms with Crippen LogP contribution in [0.2, 0.25) is 0 Å². The maximum atomic E-state index is 11.6. The van der Waals surface area contributed by atoms with Gasteiger partial charge in [-0.3, -0.25) is 0 Å². The lowest BCUT2D eigenvalue weighted by Crippen LogP contribution is -2.62. The third-order valence-corrected chi connectivity index (χ3v) is 7.17. The molecule has 0 aromatic carbocycles. The summed E-state index contributed by atoms with van der Waals surface area (Å²) < 4.78 is 18.3. The van der Waals surface area contributed by atoms with Crippen LogP contribution in [0.1, 0.15) is 66.7 Å². The lowest BCUT2D eigenvalue weighted by Gasteiger charge is -2.50. The van der Waals surface area contributed by atoms with Crippen molar-refractivity contribution in [2.45, 2.75) is 109 Å². The van der Waals surface area contributed by atoms with Crippen LogP contribution in [0.15, 0.2) is 11.8 Å². The zero-order valence-corrected chi connectivity index (χ0v) is 19.8. The molecule has 7 heteroatoms. The van der Waals surface area contributed by atoms with E-state index in [-0.39, 0.29) is 37.0 Å². The summed E-state index contributed by atoms with van der Waals surface area (Å²) >= 11 is 0. The van der Waals surface area contributed by atoms with Gasteiger partial charge in [-0.2, -0.15) is 0 Å². The Morgan fingerprint density at radius 1 is 1.23 bits per heavy atom. The molecule has 2 aliphatic heterocycles. The topological polar surface area (TPSA) is 100 Å². The lowest BCUT2D eigenvalue weighted by atomic mass is 9.68. The van der Waals surface area contributed by atoms with Crippen LogP contribution in [0.25, 0.3) is 0 Å². The molecule has 4 N–H and O–H groups in total. The Labute approximate surface area is 187 Å². The maximum Gasteiger partial charge on any atom is 0.184 e. The van der Waals surface area contributed by atoms with Crippen LogP contribution in [-0.2, 0) is 14.2 Å². The van der Waals surface area contributed by atoms with Gasteiger partial charge >= 0.3 is 0 Å². The maximum absolute atomic E-state index is 11.6. The van der Waals surface area contributed by atoms with Crippen molar-refractivity contribution in [2.24, 2.45) is 17.8 Å². The van der Waals surface area contributed by atoms with Gasteiger partial charge in [-0.25, -0.2) is 0 Å². The van der Waals surface area contributed by atoms with Crippen molar-refractivity contribution in [1.29, 1.82) is 0 Å². The van der Waals surface area contributed by atoms with Crippen molar-refractivity contribution in [1.82, 2.24) is 5.32 Å². The SMILES string of the molecule is CCCNC1CC(C)C(C2OC(CC)=CCC2C)C(O)C1OC1OCC(C)(O)CC1O. The van der Waals surface area contributed by atoms with Crippen molar-refractivity contribution in [3.05, 3.63) is 11.8 Å². The number of aliphatic hydroxyl groups excluding tert-OH is 2. The Morgan fingerprint density at radius 2 is 1.97 bits per heavy atom. The molecule has 1 saturated heterocycles. The highest BCUT2D eigenvalue weighted by molar-refractivity contribution is 5.05. The number of nitrogens with one attached hydrogen (secondary N) is 1. The summed E-state index contributed by atoms with van der Waals surface area (Å²) in [6.45, 7) is 11.1. The van der Waals surface area contributed by atoms with Crippen LogP contribution in [0.5, 0.6) is 0 Å². The molecular formula is C24H43NO6. The summed E-state index contributed by atoms with van der Waals surface area (Å²) in [6, 6.07) is -0.0421. The number of aliphatic hydroxyl groups is 3. The fourth-order valence-electron chi connectivity index (χ4n) is 5.45. The minimum absolute atomic E-state index is 0.0421. The third kappa shape index (κ3) is 5.81. The molecule has 180 valence electrons. The number of allylic oxidation sites excluding steroid dienone is 2. The van der Waals surface area contributed by atoms with Crippen molar-refractivity contribution in [3.8, 4) is 0 Å². The average Bonchev–Trinajstić information content (AvgIpc) is 2.71. The minimum atomic E-state index is -1.07. The van der Waals surface area contributed by atoms with Crippen molar-refractivity contribution < 1.29 is 29.5 Å². The van der Waals surface area contributed by atoms with Gasteiger partial charge in [0.2, 0.25) is 0 Å². The first kappa shape index (κ1) is 24.9. The molecule has 1 saturated carbocycles. The molecule has 0 aromatic heterocycles. The van der Waals surface area contributed by atoms with Crippen LogP contribution >= 0.6 is 0 Å². The van der Waals surface area contributed by atoms with Crippen LogP contribution in [-0.4, -0.2) is 70.8 Å². The largest absolute Gasteiger partial charge is 0.494 e. The third-order valence-electron chi connectivity index (χ3n) is 7.17. The molecule has 10 atom stereocenters. The van der Waals surface area contributed by atoms with Crippen LogP contribution in [0, 0.1) is 17.8 Å². The van der Waals surface area contributed by atoms with E-state index in [2.05, 4.69) is 39.1 Å². The van der Waals surface area contributed by atoms with Gasteiger partial charge in [0.25, 0.3) is 0 Å². The Balaban J connectivity index is 1.79. The van der Waals surface area contributed by atoms with Gasteiger partial charge in [0, 0.05) is 24.8 Å². The van der Waals surface area contributed by atoms with E-state index in [1.165, 1.54) is 0 Å². The zero-order valence-electron chi connectivity index (χ0n) is 19.8. The molecule has 0 aromatic rings. The number of rotatable bonds is 7. The molecule has 0 radical (unpaired) electrons. The summed E-state index contributed by atoms with van der Waals surface area (Å²) in [6.07, 6.45) is 2.83. The van der Waals surface area contributed by atoms with E-state index >= 15 is 0 Å². The lowest BCUT2D eigenvalue weighted by molar-refractivity contribution is -0.292. The van der Waals surface area contributed by atoms with E-state index in [4.69, 9.17) is 14.2 Å². The standard InChI is InChI=1S/C24H43NO6/c1-6-10-25-17-11-15(4)19(21-14(3)8-9-16(7-2)30-21)20(27)22(17)31-23-18(26)12-24(5,28)13-29-23/h9,14-15,17-23,25-28H,6-8,10-13H2,1-5H3. The zero-order chi connectivity index (χ0) is 22.8. The highest BCUT2D eigenvalue weighted by Crippen LogP contribution is 2.42. The summed E-state index contributed by atoms with van der Waals surface area (Å²) in [5, 5.41) is 35.8. The van der Waals surface area contributed by atoms with Gasteiger partial charge in [0.1, 0.15) is 18.3 Å². The van der Waals surface area contributed by atoms with E-state index in [0.717, 1.165) is 38.0 Å². The Bertz CT molecular complexity index is 611. The summed E-state index contributed by atoms with van der Waals surface area (Å²) in [7, 11) is 0. The first-order valence-corrected chi connectivity index (χ1v) is 12.1. The minimum Gasteiger partial charge on any atom is -0.494 e.